The number of hydrogen-bond acceptors (Lipinski definition) is 3. The van der Waals surface area contributed by atoms with Gasteiger partial charge in [0.2, 0.25) is 0 Å². The van der Waals surface area contributed by atoms with Crippen LogP contribution in [0.1, 0.15) is 25.1 Å². The lowest BCUT2D eigenvalue weighted by atomic mass is 10.1. The molecule has 0 amide bonds. The van der Waals surface area contributed by atoms with E-state index in [2.05, 4.69) is 30.8 Å². The highest BCUT2D eigenvalue weighted by molar-refractivity contribution is 7.80. The Balaban J connectivity index is 2.89. The van der Waals surface area contributed by atoms with Crippen LogP contribution >= 0.6 is 12.2 Å². The summed E-state index contributed by atoms with van der Waals surface area (Å²) in [5, 5.41) is 0. The van der Waals surface area contributed by atoms with Crippen molar-refractivity contribution >= 4 is 17.2 Å². The van der Waals surface area contributed by atoms with Crippen LogP contribution < -0.4 is 5.73 Å². The molecule has 2 N–H and O–H groups in total. The third-order valence-electron chi connectivity index (χ3n) is 2.43. The summed E-state index contributed by atoms with van der Waals surface area (Å²) >= 11 is 4.96. The van der Waals surface area contributed by atoms with Gasteiger partial charge in [0, 0.05) is 18.8 Å². The van der Waals surface area contributed by atoms with Crippen molar-refractivity contribution in [3.8, 4) is 0 Å². The highest BCUT2D eigenvalue weighted by Crippen LogP contribution is 2.09. The fourth-order valence-corrected chi connectivity index (χ4v) is 1.42. The van der Waals surface area contributed by atoms with E-state index in [0.717, 1.165) is 17.8 Å². The van der Waals surface area contributed by atoms with Gasteiger partial charge in [0.1, 0.15) is 10.7 Å². The summed E-state index contributed by atoms with van der Waals surface area (Å²) in [5.74, 6) is 0. The van der Waals surface area contributed by atoms with Gasteiger partial charge in [-0.2, -0.15) is 0 Å². The minimum Gasteiger partial charge on any atom is -0.388 e. The molecule has 0 fully saturated rings. The molecule has 0 saturated carbocycles. The first-order valence-corrected chi connectivity index (χ1v) is 5.37. The van der Waals surface area contributed by atoms with Crippen molar-refractivity contribution in [2.45, 2.75) is 26.4 Å². The van der Waals surface area contributed by atoms with Gasteiger partial charge in [-0.1, -0.05) is 18.3 Å². The Bertz CT molecular complexity index is 349. The zero-order valence-corrected chi connectivity index (χ0v) is 10.2. The van der Waals surface area contributed by atoms with Crippen LogP contribution in [-0.4, -0.2) is 28.0 Å². The molecular weight excluding hydrogens is 206 g/mol. The molecule has 0 saturated heterocycles. The fourth-order valence-electron chi connectivity index (χ4n) is 1.24. The van der Waals surface area contributed by atoms with Crippen molar-refractivity contribution in [2.24, 2.45) is 5.73 Å². The lowest BCUT2D eigenvalue weighted by Crippen LogP contribution is -2.27. The molecule has 0 unspecified atom stereocenters. The molecule has 1 aromatic rings. The van der Waals surface area contributed by atoms with Gasteiger partial charge in [-0.05, 0) is 32.5 Å². The third kappa shape index (κ3) is 3.25. The predicted octanol–water partition coefficient (Wildman–Crippen LogP) is 1.56. The number of nitrogens with two attached hydrogens (primary N) is 1. The first-order chi connectivity index (χ1) is 7.02. The number of rotatable bonds is 4. The molecule has 0 spiro atoms. The van der Waals surface area contributed by atoms with Crippen molar-refractivity contribution < 1.29 is 0 Å². The second kappa shape index (κ2) is 5.19. The first kappa shape index (κ1) is 12.1. The first-order valence-electron chi connectivity index (χ1n) is 4.96. The van der Waals surface area contributed by atoms with E-state index >= 15 is 0 Å². The molecule has 1 rings (SSSR count). The predicted molar refractivity (Wildman–Crippen MR) is 66.7 cm³/mol. The molecule has 0 atom stereocenters. The molecular formula is C11H17N3S. The summed E-state index contributed by atoms with van der Waals surface area (Å²) in [5.41, 5.74) is 7.44. The zero-order chi connectivity index (χ0) is 11.4. The highest BCUT2D eigenvalue weighted by atomic mass is 32.1. The Labute approximate surface area is 96.3 Å². The van der Waals surface area contributed by atoms with Gasteiger partial charge in [-0.3, -0.25) is 9.88 Å². The van der Waals surface area contributed by atoms with E-state index in [0.29, 0.717) is 11.0 Å². The van der Waals surface area contributed by atoms with Crippen LogP contribution in [0.25, 0.3) is 0 Å². The molecule has 4 heteroatoms. The van der Waals surface area contributed by atoms with E-state index in [1.807, 2.05) is 12.1 Å². The van der Waals surface area contributed by atoms with E-state index in [1.165, 1.54) is 0 Å². The second-order valence-electron chi connectivity index (χ2n) is 3.88. The van der Waals surface area contributed by atoms with Gasteiger partial charge in [0.15, 0.2) is 0 Å². The SMILES string of the molecule is CC(C)N(C)Cc1cccnc1C(N)=S. The van der Waals surface area contributed by atoms with Crippen molar-refractivity contribution in [3.05, 3.63) is 29.6 Å². The normalized spacial score (nSPS) is 11.0. The number of aromatic nitrogens is 1. The molecule has 1 heterocycles. The summed E-state index contributed by atoms with van der Waals surface area (Å²) < 4.78 is 0. The quantitative estimate of drug-likeness (QED) is 0.787. The molecule has 0 radical (unpaired) electrons. The summed E-state index contributed by atoms with van der Waals surface area (Å²) in [6.45, 7) is 5.12. The second-order valence-corrected chi connectivity index (χ2v) is 4.32. The fraction of sp³-hybridized carbons (Fsp3) is 0.455. The summed E-state index contributed by atoms with van der Waals surface area (Å²) in [4.78, 5) is 6.78. The maximum atomic E-state index is 5.62. The number of hydrogen-bond donors (Lipinski definition) is 1. The number of nitrogens with zero attached hydrogens (tertiary/aromatic N) is 2. The third-order valence-corrected chi connectivity index (χ3v) is 2.62. The average Bonchev–Trinajstić information content (AvgIpc) is 2.18. The van der Waals surface area contributed by atoms with Crippen molar-refractivity contribution in [1.29, 1.82) is 0 Å². The van der Waals surface area contributed by atoms with Crippen molar-refractivity contribution in [1.82, 2.24) is 9.88 Å². The Morgan fingerprint density at radius 1 is 1.60 bits per heavy atom. The van der Waals surface area contributed by atoms with E-state index < -0.39 is 0 Å². The molecule has 0 aliphatic rings. The monoisotopic (exact) mass is 223 g/mol. The molecule has 0 bridgehead atoms. The van der Waals surface area contributed by atoms with Gasteiger partial charge in [-0.15, -0.1) is 0 Å². The van der Waals surface area contributed by atoms with Crippen molar-refractivity contribution in [2.75, 3.05) is 7.05 Å². The van der Waals surface area contributed by atoms with Crippen molar-refractivity contribution in [3.63, 3.8) is 0 Å². The highest BCUT2D eigenvalue weighted by Gasteiger charge is 2.10. The smallest absolute Gasteiger partial charge is 0.123 e. The van der Waals surface area contributed by atoms with Gasteiger partial charge in [0.25, 0.3) is 0 Å². The lowest BCUT2D eigenvalue weighted by molar-refractivity contribution is 0.265. The van der Waals surface area contributed by atoms with Crippen LogP contribution in [0.2, 0.25) is 0 Å². The van der Waals surface area contributed by atoms with Crippen LogP contribution in [0.15, 0.2) is 18.3 Å². The van der Waals surface area contributed by atoms with E-state index in [9.17, 15) is 0 Å². The topological polar surface area (TPSA) is 42.2 Å². The van der Waals surface area contributed by atoms with Crippen LogP contribution in [0.3, 0.4) is 0 Å². The minimum absolute atomic E-state index is 0.364. The average molecular weight is 223 g/mol. The molecule has 0 aliphatic heterocycles. The molecule has 15 heavy (non-hydrogen) atoms. The number of thiocarbonyl (C=S) groups is 1. The van der Waals surface area contributed by atoms with Gasteiger partial charge < -0.3 is 5.73 Å². The molecule has 0 aromatic carbocycles. The van der Waals surface area contributed by atoms with Gasteiger partial charge in [-0.25, -0.2) is 0 Å². The lowest BCUT2D eigenvalue weighted by Gasteiger charge is -2.21. The van der Waals surface area contributed by atoms with E-state index in [-0.39, 0.29) is 0 Å². The Hall–Kier alpha value is -1.00. The maximum absolute atomic E-state index is 5.62. The maximum Gasteiger partial charge on any atom is 0.123 e. The van der Waals surface area contributed by atoms with E-state index in [4.69, 9.17) is 18.0 Å². The Morgan fingerprint density at radius 2 is 2.27 bits per heavy atom. The van der Waals surface area contributed by atoms with Crippen LogP contribution in [-0.2, 0) is 6.54 Å². The molecule has 82 valence electrons. The largest absolute Gasteiger partial charge is 0.388 e. The summed E-state index contributed by atoms with van der Waals surface area (Å²) in [6.07, 6.45) is 1.72. The number of pyridine rings is 1. The van der Waals surface area contributed by atoms with E-state index in [1.54, 1.807) is 6.20 Å². The zero-order valence-electron chi connectivity index (χ0n) is 9.40. The van der Waals surface area contributed by atoms with Crippen LogP contribution in [0, 0.1) is 0 Å². The standard InChI is InChI=1S/C11H17N3S/c1-8(2)14(3)7-9-5-4-6-13-10(9)11(12)15/h4-6,8H,7H2,1-3H3,(H2,12,15). The minimum atomic E-state index is 0.364. The molecule has 0 aliphatic carbocycles. The Morgan fingerprint density at radius 3 is 2.80 bits per heavy atom. The van der Waals surface area contributed by atoms with Gasteiger partial charge >= 0.3 is 0 Å². The summed E-state index contributed by atoms with van der Waals surface area (Å²) in [7, 11) is 2.07. The Kier molecular flexibility index (Phi) is 4.17. The molecule has 3 nitrogen and oxygen atoms in total. The van der Waals surface area contributed by atoms with Crippen LogP contribution in [0.5, 0.6) is 0 Å². The van der Waals surface area contributed by atoms with Crippen LogP contribution in [0.4, 0.5) is 0 Å². The summed E-state index contributed by atoms with van der Waals surface area (Å²) in [6, 6.07) is 4.41. The molecule has 1 aromatic heterocycles. The van der Waals surface area contributed by atoms with Gasteiger partial charge in [0.05, 0.1) is 0 Å².